The summed E-state index contributed by atoms with van der Waals surface area (Å²) in [7, 11) is 0. The maximum Gasteiger partial charge on any atom is 0.0541 e. The normalized spacial score (nSPS) is 16.0. The van der Waals surface area contributed by atoms with Crippen molar-refractivity contribution in [3.63, 3.8) is 0 Å². The van der Waals surface area contributed by atoms with Crippen LogP contribution < -0.4 is 0 Å². The summed E-state index contributed by atoms with van der Waals surface area (Å²) in [6.07, 6.45) is 9.14. The van der Waals surface area contributed by atoms with Gasteiger partial charge in [-0.3, -0.25) is 0 Å². The molecule has 0 saturated carbocycles. The average Bonchev–Trinajstić information content (AvgIpc) is 3.88. The second-order valence-electron chi connectivity index (χ2n) is 14.8. The fraction of sp³-hybridized carbons (Fsp3) is 0.0385. The first-order chi connectivity index (χ1) is 26.8. The number of aromatic nitrogens is 2. The molecule has 0 spiro atoms. The molecule has 2 nitrogen and oxygen atoms in total. The highest BCUT2D eigenvalue weighted by atomic mass is 15.0. The molecule has 252 valence electrons. The van der Waals surface area contributed by atoms with Crippen LogP contribution in [0.5, 0.6) is 0 Å². The molecule has 8 aromatic carbocycles. The van der Waals surface area contributed by atoms with Gasteiger partial charge in [0.25, 0.3) is 0 Å². The molecule has 2 aliphatic rings. The van der Waals surface area contributed by atoms with Crippen LogP contribution in [0.1, 0.15) is 23.0 Å². The number of rotatable bonds is 4. The summed E-state index contributed by atoms with van der Waals surface area (Å²) in [5, 5.41) is 7.84. The van der Waals surface area contributed by atoms with E-state index in [1.807, 2.05) is 0 Å². The lowest BCUT2D eigenvalue weighted by Gasteiger charge is -2.17. The van der Waals surface area contributed by atoms with Gasteiger partial charge in [0, 0.05) is 44.8 Å². The van der Waals surface area contributed by atoms with E-state index in [4.69, 9.17) is 0 Å². The van der Waals surface area contributed by atoms with Crippen molar-refractivity contribution < 1.29 is 0 Å². The first-order valence-electron chi connectivity index (χ1n) is 18.9. The molecule has 2 unspecified atom stereocenters. The van der Waals surface area contributed by atoms with Gasteiger partial charge in [0.1, 0.15) is 0 Å². The van der Waals surface area contributed by atoms with E-state index >= 15 is 0 Å². The van der Waals surface area contributed by atoms with Crippen molar-refractivity contribution in [1.29, 1.82) is 0 Å². The Kier molecular flexibility index (Phi) is 6.20. The van der Waals surface area contributed by atoms with Crippen molar-refractivity contribution in [3.05, 3.63) is 205 Å². The fourth-order valence-electron chi connectivity index (χ4n) is 9.70. The lowest BCUT2D eigenvalue weighted by molar-refractivity contribution is 0.769. The zero-order valence-corrected chi connectivity index (χ0v) is 29.5. The van der Waals surface area contributed by atoms with Gasteiger partial charge in [-0.1, -0.05) is 133 Å². The molecule has 0 fully saturated rings. The molecular formula is C52H34N2. The first-order valence-corrected chi connectivity index (χ1v) is 18.9. The molecule has 2 atom stereocenters. The van der Waals surface area contributed by atoms with Gasteiger partial charge in [0.2, 0.25) is 0 Å². The average molecular weight is 687 g/mol. The van der Waals surface area contributed by atoms with Crippen molar-refractivity contribution in [2.75, 3.05) is 0 Å². The van der Waals surface area contributed by atoms with E-state index in [2.05, 4.69) is 203 Å². The lowest BCUT2D eigenvalue weighted by atomic mass is 9.86. The van der Waals surface area contributed by atoms with Gasteiger partial charge in [0.15, 0.2) is 0 Å². The van der Waals surface area contributed by atoms with E-state index in [1.165, 1.54) is 99.1 Å². The van der Waals surface area contributed by atoms with E-state index < -0.39 is 0 Å². The minimum Gasteiger partial charge on any atom is -0.309 e. The monoisotopic (exact) mass is 686 g/mol. The Bertz CT molecular complexity index is 3180. The predicted molar refractivity (Wildman–Crippen MR) is 227 cm³/mol. The Balaban J connectivity index is 0.966. The molecule has 2 aromatic heterocycles. The number of nitrogens with zero attached hydrogens (tertiary/aromatic N) is 2. The third-order valence-corrected chi connectivity index (χ3v) is 12.1. The summed E-state index contributed by atoms with van der Waals surface area (Å²) in [6.45, 7) is 0. The Morgan fingerprint density at radius 3 is 1.46 bits per heavy atom. The quantitative estimate of drug-likeness (QED) is 0.174. The van der Waals surface area contributed by atoms with Crippen LogP contribution in [0, 0.1) is 0 Å². The second kappa shape index (κ2) is 11.3. The van der Waals surface area contributed by atoms with E-state index in [0.29, 0.717) is 11.8 Å². The number of para-hydroxylation sites is 3. The predicted octanol–water partition coefficient (Wildman–Crippen LogP) is 13.7. The maximum absolute atomic E-state index is 2.42. The summed E-state index contributed by atoms with van der Waals surface area (Å²) in [5.74, 6) is 0.873. The summed E-state index contributed by atoms with van der Waals surface area (Å²) < 4.78 is 4.80. The highest BCUT2D eigenvalue weighted by molar-refractivity contribution is 6.13. The molecule has 0 bridgehead atoms. The van der Waals surface area contributed by atoms with Crippen LogP contribution in [0.3, 0.4) is 0 Å². The second-order valence-corrected chi connectivity index (χ2v) is 14.8. The van der Waals surface area contributed by atoms with Crippen molar-refractivity contribution in [1.82, 2.24) is 9.13 Å². The summed E-state index contributed by atoms with van der Waals surface area (Å²) in [4.78, 5) is 0. The smallest absolute Gasteiger partial charge is 0.0541 e. The van der Waals surface area contributed by atoms with Gasteiger partial charge < -0.3 is 9.13 Å². The van der Waals surface area contributed by atoms with E-state index in [9.17, 15) is 0 Å². The summed E-state index contributed by atoms with van der Waals surface area (Å²) in [6, 6.07) is 62.9. The minimum atomic E-state index is 0.437. The largest absolute Gasteiger partial charge is 0.309 e. The zero-order valence-electron chi connectivity index (χ0n) is 29.5. The first kappa shape index (κ1) is 29.7. The van der Waals surface area contributed by atoms with Crippen LogP contribution in [-0.4, -0.2) is 9.13 Å². The molecular weight excluding hydrogens is 653 g/mol. The molecule has 0 N–H and O–H groups in total. The Labute approximate surface area is 313 Å². The highest BCUT2D eigenvalue weighted by Crippen LogP contribution is 2.51. The molecule has 0 amide bonds. The van der Waals surface area contributed by atoms with Crippen molar-refractivity contribution in [2.45, 2.75) is 11.8 Å². The van der Waals surface area contributed by atoms with Crippen LogP contribution in [0.4, 0.5) is 0 Å². The SMILES string of the molecule is C1=CC2c3cccc4c(-c5ccc(-n6c7ccccc7c7cc(-c8ccc9c(c8)c8ccccc8n9-c8ccccc8)ccc76)cc5)ccc(c34)C2C=C1. The molecule has 0 aliphatic heterocycles. The number of hydrogen-bond acceptors (Lipinski definition) is 0. The molecule has 2 heterocycles. The summed E-state index contributed by atoms with van der Waals surface area (Å²) >= 11 is 0. The molecule has 2 aliphatic carbocycles. The van der Waals surface area contributed by atoms with Crippen LogP contribution in [0.15, 0.2) is 194 Å². The fourth-order valence-corrected chi connectivity index (χ4v) is 9.70. The molecule has 12 rings (SSSR count). The molecule has 0 saturated heterocycles. The number of benzene rings is 8. The van der Waals surface area contributed by atoms with E-state index in [1.54, 1.807) is 0 Å². The number of allylic oxidation sites excluding steroid dienone is 4. The maximum atomic E-state index is 2.42. The number of hydrogen-bond donors (Lipinski definition) is 0. The van der Waals surface area contributed by atoms with Crippen LogP contribution in [-0.2, 0) is 0 Å². The van der Waals surface area contributed by atoms with Gasteiger partial charge in [-0.2, -0.15) is 0 Å². The van der Waals surface area contributed by atoms with Gasteiger partial charge in [-0.05, 0) is 105 Å². The molecule has 0 radical (unpaired) electrons. The third-order valence-electron chi connectivity index (χ3n) is 12.1. The van der Waals surface area contributed by atoms with Gasteiger partial charge in [-0.25, -0.2) is 0 Å². The Morgan fingerprint density at radius 2 is 0.833 bits per heavy atom. The van der Waals surface area contributed by atoms with Crippen molar-refractivity contribution in [2.24, 2.45) is 0 Å². The third kappa shape index (κ3) is 4.17. The standard InChI is InChI=1S/C52H34N2/c1-2-11-36(12-3-1)53-48-19-8-6-15-41(48)46-31-34(23-29-50(46)53)35-24-30-51-47(32-35)42-16-7-9-20-49(42)54(51)37-25-21-33(22-26-37)38-27-28-45-40-14-5-4-13-39(40)44-18-10-17-43(38)52(44)45/h1-32,39-40H. The van der Waals surface area contributed by atoms with Crippen molar-refractivity contribution in [3.8, 4) is 33.6 Å². The molecule has 54 heavy (non-hydrogen) atoms. The Hall–Kier alpha value is -6.90. The van der Waals surface area contributed by atoms with Gasteiger partial charge in [0.05, 0.1) is 22.1 Å². The van der Waals surface area contributed by atoms with Crippen LogP contribution >= 0.6 is 0 Å². The topological polar surface area (TPSA) is 9.86 Å². The lowest BCUT2D eigenvalue weighted by Crippen LogP contribution is -2.01. The molecule has 2 heteroatoms. The Morgan fingerprint density at radius 1 is 0.333 bits per heavy atom. The van der Waals surface area contributed by atoms with E-state index in [-0.39, 0.29) is 0 Å². The van der Waals surface area contributed by atoms with Crippen molar-refractivity contribution >= 4 is 54.4 Å². The van der Waals surface area contributed by atoms with Gasteiger partial charge >= 0.3 is 0 Å². The van der Waals surface area contributed by atoms with Crippen LogP contribution in [0.25, 0.3) is 88.0 Å². The highest BCUT2D eigenvalue weighted by Gasteiger charge is 2.32. The van der Waals surface area contributed by atoms with E-state index in [0.717, 1.165) is 0 Å². The zero-order chi connectivity index (χ0) is 35.3. The molecule has 10 aromatic rings. The number of fused-ring (bicyclic) bond motifs is 9. The van der Waals surface area contributed by atoms with Gasteiger partial charge in [-0.15, -0.1) is 0 Å². The summed E-state index contributed by atoms with van der Waals surface area (Å²) in [5.41, 5.74) is 15.1. The minimum absolute atomic E-state index is 0.437. The van der Waals surface area contributed by atoms with Crippen LogP contribution in [0.2, 0.25) is 0 Å².